The van der Waals surface area contributed by atoms with E-state index < -0.39 is 75.5 Å². The van der Waals surface area contributed by atoms with Crippen molar-refractivity contribution in [3.05, 3.63) is 25.3 Å². The van der Waals surface area contributed by atoms with E-state index in [-0.39, 0.29) is 29.4 Å². The maximum atomic E-state index is 15.9. The summed E-state index contributed by atoms with van der Waals surface area (Å²) in [7, 11) is 0. The number of nitrogens with zero attached hydrogens (tertiary/aromatic N) is 8. The first-order chi connectivity index (χ1) is 21.5. The highest BCUT2D eigenvalue weighted by Gasteiger charge is 2.66. The number of nitrogens with two attached hydrogens (primary N) is 2. The number of thiol groups is 2. The van der Waals surface area contributed by atoms with Crippen LogP contribution in [0, 0.1) is 0 Å². The lowest BCUT2D eigenvalue weighted by Gasteiger charge is -2.32. The van der Waals surface area contributed by atoms with E-state index >= 15 is 4.39 Å². The van der Waals surface area contributed by atoms with Gasteiger partial charge in [0.15, 0.2) is 41.6 Å². The molecular formula is C21H23FN10O9P2S2. The molecule has 0 amide bonds. The summed E-state index contributed by atoms with van der Waals surface area (Å²) < 4.78 is 87.1. The van der Waals surface area contributed by atoms with Crippen LogP contribution in [-0.4, -0.2) is 95.0 Å². The van der Waals surface area contributed by atoms with Crippen LogP contribution in [0.2, 0.25) is 0 Å². The first kappa shape index (κ1) is 29.9. The minimum absolute atomic E-state index is 0.0739. The van der Waals surface area contributed by atoms with E-state index in [9.17, 15) is 9.13 Å². The summed E-state index contributed by atoms with van der Waals surface area (Å²) >= 11 is 8.28. The minimum atomic E-state index is -4.38. The van der Waals surface area contributed by atoms with Gasteiger partial charge in [-0.2, -0.15) is 0 Å². The first-order valence-electron chi connectivity index (χ1n) is 13.2. The maximum absolute atomic E-state index is 15.9. The van der Waals surface area contributed by atoms with Gasteiger partial charge in [0, 0.05) is 0 Å². The predicted octanol–water partition coefficient (Wildman–Crippen LogP) is 1.63. The van der Waals surface area contributed by atoms with Gasteiger partial charge in [-0.25, -0.2) is 43.4 Å². The molecule has 24 heteroatoms. The lowest BCUT2D eigenvalue weighted by molar-refractivity contribution is -0.182. The minimum Gasteiger partial charge on any atom is -0.382 e. The number of hydrogen-bond acceptors (Lipinski definition) is 17. The standard InChI is InChI=1S/C21H23FN10O9P2S2/c22-9-8-1-36-42(33,44)41-14-13-20(32-7-30-11-16(24)26-5-28-18(11)32)39-21(14,2-35-13)3-37-43(34,45)40-12(9)19(38-8)31-6-29-10-15(23)25-4-27-17(10)31/h4-9,12-14,19-20H,1-3H2,(H,33,44)(H,34,45)(H2,23,25,27)(H2,24,26,28)/t8?,9-,12+,13+,14-,19+,20+,21+,42-,43-/m0/s1. The second-order valence-corrected chi connectivity index (χ2v) is 16.4. The van der Waals surface area contributed by atoms with Gasteiger partial charge in [0.1, 0.15) is 53.7 Å². The van der Waals surface area contributed by atoms with Gasteiger partial charge in [-0.3, -0.25) is 27.2 Å². The molecule has 0 radical (unpaired) electrons. The molecule has 0 aromatic carbocycles. The molecule has 4 saturated heterocycles. The highest BCUT2D eigenvalue weighted by atomic mass is 32.7. The molecule has 4 aromatic rings. The van der Waals surface area contributed by atoms with Crippen molar-refractivity contribution in [2.45, 2.75) is 48.6 Å². The van der Waals surface area contributed by atoms with Crippen LogP contribution in [0.15, 0.2) is 25.3 Å². The van der Waals surface area contributed by atoms with Crippen molar-refractivity contribution < 1.29 is 45.8 Å². The Labute approximate surface area is 261 Å². The Morgan fingerprint density at radius 3 is 2.13 bits per heavy atom. The molecule has 8 heterocycles. The van der Waals surface area contributed by atoms with E-state index in [1.807, 2.05) is 0 Å². The fourth-order valence-corrected chi connectivity index (χ4v) is 8.84. The van der Waals surface area contributed by atoms with Crippen molar-refractivity contribution in [3.63, 3.8) is 0 Å². The Hall–Kier alpha value is -2.49. The van der Waals surface area contributed by atoms with Crippen LogP contribution >= 0.6 is 38.1 Å². The highest BCUT2D eigenvalue weighted by molar-refractivity contribution is 8.44. The van der Waals surface area contributed by atoms with Crippen molar-refractivity contribution in [2.75, 3.05) is 31.3 Å². The fraction of sp³-hybridized carbons (Fsp3) is 0.524. The van der Waals surface area contributed by atoms with Crippen LogP contribution in [0.3, 0.4) is 0 Å². The molecule has 0 spiro atoms. The predicted molar refractivity (Wildman–Crippen MR) is 156 cm³/mol. The van der Waals surface area contributed by atoms with E-state index in [0.717, 1.165) is 0 Å². The zero-order valence-corrected chi connectivity index (χ0v) is 26.1. The number of ether oxygens (including phenoxy) is 3. The maximum Gasteiger partial charge on any atom is 0.386 e. The summed E-state index contributed by atoms with van der Waals surface area (Å²) in [6, 6.07) is 0. The summed E-state index contributed by atoms with van der Waals surface area (Å²) in [5, 5.41) is 0. The Bertz CT molecular complexity index is 1920. The number of anilines is 2. The number of halogens is 1. The molecule has 0 saturated carbocycles. The van der Waals surface area contributed by atoms with Crippen molar-refractivity contribution in [3.8, 4) is 0 Å². The van der Waals surface area contributed by atoms with Gasteiger partial charge in [0.05, 0.1) is 32.5 Å². The van der Waals surface area contributed by atoms with Crippen LogP contribution in [-0.2, 0) is 41.4 Å². The second-order valence-electron chi connectivity index (χ2n) is 10.6. The van der Waals surface area contributed by atoms with Crippen molar-refractivity contribution >= 4 is 72.1 Å². The monoisotopic (exact) mass is 704 g/mol. The summed E-state index contributed by atoms with van der Waals surface area (Å²) in [5.41, 5.74) is 11.4. The lowest BCUT2D eigenvalue weighted by Crippen LogP contribution is -2.45. The van der Waals surface area contributed by atoms with Gasteiger partial charge in [-0.05, 0) is 0 Å². The smallest absolute Gasteiger partial charge is 0.382 e. The number of fused-ring (bicyclic) bond motifs is 4. The number of aromatic nitrogens is 8. The third-order valence-electron chi connectivity index (χ3n) is 7.94. The second kappa shape index (κ2) is 10.5. The van der Waals surface area contributed by atoms with Gasteiger partial charge < -0.3 is 25.7 Å². The van der Waals surface area contributed by atoms with Gasteiger partial charge >= 0.3 is 13.6 Å². The molecule has 10 atom stereocenters. The van der Waals surface area contributed by atoms with Crippen molar-refractivity contribution in [2.24, 2.45) is 0 Å². The van der Waals surface area contributed by atoms with E-state index in [1.54, 1.807) is 0 Å². The summed E-state index contributed by atoms with van der Waals surface area (Å²) in [4.78, 5) is 24.7. The average molecular weight is 705 g/mol. The van der Waals surface area contributed by atoms with Gasteiger partial charge in [0.2, 0.25) is 0 Å². The largest absolute Gasteiger partial charge is 0.386 e. The lowest BCUT2D eigenvalue weighted by atomic mass is 10.0. The van der Waals surface area contributed by atoms with Gasteiger partial charge in [-0.15, -0.1) is 0 Å². The zero-order valence-electron chi connectivity index (χ0n) is 22.5. The van der Waals surface area contributed by atoms with Crippen LogP contribution in [0.4, 0.5) is 16.0 Å². The SMILES string of the molecule is Nc1ncnc2c1ncn2[C@@H]1OC2CO[P@](=O)(S)O[C@H]3[C@H]4OC[C@]3(CO[P@](=O)(S)O[C@@H]1[C@H]2F)O[C@H]4n1cnc2c(N)ncnc21. The Balaban J connectivity index is 1.14. The quantitative estimate of drug-likeness (QED) is 0.171. The molecule has 4 fully saturated rings. The summed E-state index contributed by atoms with van der Waals surface area (Å²) in [5.74, 6) is 0.218. The first-order valence-corrected chi connectivity index (χ1v) is 18.6. The Morgan fingerprint density at radius 2 is 1.47 bits per heavy atom. The number of nitrogen functional groups attached to an aromatic ring is 2. The summed E-state index contributed by atoms with van der Waals surface area (Å²) in [6.45, 7) is -9.90. The van der Waals surface area contributed by atoms with Gasteiger partial charge in [0.25, 0.3) is 0 Å². The molecular weight excluding hydrogens is 681 g/mol. The van der Waals surface area contributed by atoms with Crippen LogP contribution < -0.4 is 11.5 Å². The number of hydrogen-bond donors (Lipinski definition) is 4. The van der Waals surface area contributed by atoms with Crippen LogP contribution in [0.5, 0.6) is 0 Å². The molecule has 45 heavy (non-hydrogen) atoms. The Kier molecular flexibility index (Phi) is 6.98. The van der Waals surface area contributed by atoms with Crippen molar-refractivity contribution in [1.82, 2.24) is 39.0 Å². The molecule has 0 aliphatic carbocycles. The number of imidazole rings is 2. The van der Waals surface area contributed by atoms with Crippen molar-refractivity contribution in [1.29, 1.82) is 0 Å². The average Bonchev–Trinajstić information content (AvgIpc) is 3.80. The van der Waals surface area contributed by atoms with Crippen LogP contribution in [0.25, 0.3) is 22.3 Å². The number of rotatable bonds is 2. The normalized spacial score (nSPS) is 40.3. The topological polar surface area (TPSA) is 238 Å². The number of alkyl halides is 1. The highest BCUT2D eigenvalue weighted by Crippen LogP contribution is 2.63. The molecule has 1 unspecified atom stereocenters. The zero-order chi connectivity index (χ0) is 31.3. The van der Waals surface area contributed by atoms with E-state index in [4.69, 9.17) is 43.8 Å². The van der Waals surface area contributed by atoms with Crippen LogP contribution in [0.1, 0.15) is 12.5 Å². The molecule has 8 rings (SSSR count). The fourth-order valence-electron chi connectivity index (χ4n) is 5.87. The van der Waals surface area contributed by atoms with Gasteiger partial charge in [-0.1, -0.05) is 24.5 Å². The molecule has 4 aromatic heterocycles. The van der Waals surface area contributed by atoms with E-state index in [0.29, 0.717) is 11.2 Å². The molecule has 240 valence electrons. The third-order valence-corrected chi connectivity index (χ3v) is 11.1. The molecule has 4 N–H and O–H groups in total. The molecule has 4 bridgehead atoms. The molecule has 4 aliphatic heterocycles. The summed E-state index contributed by atoms with van der Waals surface area (Å²) in [6.07, 6.45) is -4.12. The van der Waals surface area contributed by atoms with E-state index in [1.165, 1.54) is 34.4 Å². The molecule has 4 aliphatic rings. The Morgan fingerprint density at radius 1 is 0.844 bits per heavy atom. The van der Waals surface area contributed by atoms with E-state index in [2.05, 4.69) is 54.4 Å². The third kappa shape index (κ3) is 4.86. The molecule has 19 nitrogen and oxygen atoms in total.